The van der Waals surface area contributed by atoms with Gasteiger partial charge in [-0.25, -0.2) is 0 Å². The molecule has 2 rings (SSSR count). The molecule has 11 nitrogen and oxygen atoms in total. The molecule has 2 atom stereocenters. The maximum Gasteiger partial charge on any atom is 0.488 e. The number of carbonyl (C=O) groups excluding carboxylic acids is 3. The van der Waals surface area contributed by atoms with Crippen molar-refractivity contribution in [3.05, 3.63) is 59.7 Å². The van der Waals surface area contributed by atoms with Crippen molar-refractivity contribution in [3.8, 4) is 0 Å². The number of anilines is 1. The highest BCUT2D eigenvalue weighted by molar-refractivity contribution is 6.58. The molecular weight excluding hydrogens is 532 g/mol. The van der Waals surface area contributed by atoms with Gasteiger partial charge in [0.05, 0.1) is 11.6 Å². The van der Waals surface area contributed by atoms with Crippen molar-refractivity contribution in [1.82, 2.24) is 10.2 Å². The van der Waals surface area contributed by atoms with Gasteiger partial charge in [0.15, 0.2) is 0 Å². The Hall–Kier alpha value is -3.50. The molecule has 0 bridgehead atoms. The highest BCUT2D eigenvalue weighted by Crippen LogP contribution is 2.29. The number of hydrogen-bond donors (Lipinski definition) is 7. The van der Waals surface area contributed by atoms with Crippen LogP contribution >= 0.6 is 0 Å². The summed E-state index contributed by atoms with van der Waals surface area (Å²) < 4.78 is 38.9. The quantitative estimate of drug-likeness (QED) is 0.140. The Balaban J connectivity index is 2.16. The number of amides is 3. The van der Waals surface area contributed by atoms with E-state index in [0.717, 1.165) is 12.1 Å². The zero-order valence-corrected chi connectivity index (χ0v) is 21.7. The number of carbonyl (C=O) groups is 3. The summed E-state index contributed by atoms with van der Waals surface area (Å²) in [6.07, 6.45) is -4.83. The van der Waals surface area contributed by atoms with Gasteiger partial charge >= 0.3 is 13.3 Å². The number of nitrogens with one attached hydrogen (secondary N) is 2. The molecule has 0 aliphatic heterocycles. The van der Waals surface area contributed by atoms with Crippen LogP contribution in [0.3, 0.4) is 0 Å². The monoisotopic (exact) mass is 566 g/mol. The summed E-state index contributed by atoms with van der Waals surface area (Å²) in [5.74, 6) is -1.76. The van der Waals surface area contributed by atoms with Crippen LogP contribution < -0.4 is 33.3 Å². The molecular formula is C25H34BF3N6O5. The Bertz CT molecular complexity index is 1130. The Morgan fingerprint density at radius 2 is 1.60 bits per heavy atom. The predicted molar refractivity (Wildman–Crippen MR) is 144 cm³/mol. The number of alkyl halides is 3. The summed E-state index contributed by atoms with van der Waals surface area (Å²) in [5.41, 5.74) is 16.8. The summed E-state index contributed by atoms with van der Waals surface area (Å²) >= 11 is 0. The van der Waals surface area contributed by atoms with Crippen LogP contribution in [0.4, 0.5) is 18.9 Å². The third-order valence-corrected chi connectivity index (χ3v) is 5.96. The van der Waals surface area contributed by atoms with Crippen molar-refractivity contribution in [2.24, 2.45) is 17.2 Å². The topological polar surface area (TPSA) is 197 Å². The number of hydrogen-bond acceptors (Lipinski definition) is 8. The maximum atomic E-state index is 13.1. The number of benzene rings is 2. The van der Waals surface area contributed by atoms with Gasteiger partial charge in [0.2, 0.25) is 17.7 Å². The fourth-order valence-corrected chi connectivity index (χ4v) is 3.80. The van der Waals surface area contributed by atoms with Crippen LogP contribution in [0.5, 0.6) is 0 Å². The van der Waals surface area contributed by atoms with Crippen LogP contribution in [-0.2, 0) is 27.0 Å². The van der Waals surface area contributed by atoms with Gasteiger partial charge in [-0.05, 0) is 41.7 Å². The summed E-state index contributed by atoms with van der Waals surface area (Å²) in [6, 6.07) is 7.37. The lowest BCUT2D eigenvalue weighted by atomic mass is 9.80. The highest BCUT2D eigenvalue weighted by Gasteiger charge is 2.31. The first-order valence-electron chi connectivity index (χ1n) is 12.5. The molecule has 0 saturated carbocycles. The van der Waals surface area contributed by atoms with Gasteiger partial charge in [-0.3, -0.25) is 14.4 Å². The average Bonchev–Trinajstić information content (AvgIpc) is 2.90. The van der Waals surface area contributed by atoms with Crippen molar-refractivity contribution < 1.29 is 37.6 Å². The van der Waals surface area contributed by atoms with Crippen LogP contribution in [-0.4, -0.2) is 78.1 Å². The number of nitrogens with zero attached hydrogens (tertiary/aromatic N) is 1. The van der Waals surface area contributed by atoms with Gasteiger partial charge < -0.3 is 42.8 Å². The third kappa shape index (κ3) is 10.2. The Morgan fingerprint density at radius 1 is 0.975 bits per heavy atom. The lowest BCUT2D eigenvalue weighted by molar-refractivity contribution is -0.137. The van der Waals surface area contributed by atoms with Crippen molar-refractivity contribution in [2.75, 3.05) is 31.5 Å². The van der Waals surface area contributed by atoms with Crippen LogP contribution in [0, 0.1) is 0 Å². The minimum Gasteiger partial charge on any atom is -0.423 e. The molecule has 0 unspecified atom stereocenters. The molecule has 0 aliphatic rings. The SMILES string of the molecule is NCCN(CCN)C(=O)CC[C@H](N)C(=O)N[C@H](Cc1ccc(C(F)(F)F)cc1)C(=O)Nc1cccc(B(O)O)c1. The van der Waals surface area contributed by atoms with E-state index in [0.29, 0.717) is 18.7 Å². The van der Waals surface area contributed by atoms with E-state index >= 15 is 0 Å². The standard InChI is InChI=1S/C25H34BF3N6O5/c27-25(28,29)17-6-4-16(5-7-17)14-21(24(38)33-19-3-1-2-18(15-19)26(39)40)34-23(37)20(32)8-9-22(36)35(12-10-30)13-11-31/h1-7,15,20-21,39-40H,8-14,30-32H2,(H,33,38)(H,34,37)/t20-,21+/m0/s1. The van der Waals surface area contributed by atoms with Gasteiger partial charge in [0.25, 0.3) is 0 Å². The minimum absolute atomic E-state index is 0.0403. The second-order valence-corrected chi connectivity index (χ2v) is 9.05. The summed E-state index contributed by atoms with van der Waals surface area (Å²) in [7, 11) is -1.79. The van der Waals surface area contributed by atoms with Crippen molar-refractivity contribution in [2.45, 2.75) is 37.5 Å². The average molecular weight is 566 g/mol. The first kappa shape index (κ1) is 32.7. The van der Waals surface area contributed by atoms with Crippen LogP contribution in [0.15, 0.2) is 48.5 Å². The van der Waals surface area contributed by atoms with E-state index < -0.39 is 42.8 Å². The van der Waals surface area contributed by atoms with E-state index in [9.17, 15) is 37.6 Å². The summed E-state index contributed by atoms with van der Waals surface area (Å²) in [6.45, 7) is 1.06. The van der Waals surface area contributed by atoms with Gasteiger partial charge in [-0.2, -0.15) is 13.2 Å². The van der Waals surface area contributed by atoms with E-state index in [1.54, 1.807) is 0 Å². The van der Waals surface area contributed by atoms with E-state index in [4.69, 9.17) is 17.2 Å². The molecule has 0 fully saturated rings. The zero-order valence-electron chi connectivity index (χ0n) is 21.7. The summed E-state index contributed by atoms with van der Waals surface area (Å²) in [4.78, 5) is 39.9. The zero-order chi connectivity index (χ0) is 29.9. The summed E-state index contributed by atoms with van der Waals surface area (Å²) in [5, 5.41) is 23.8. The third-order valence-electron chi connectivity index (χ3n) is 5.96. The van der Waals surface area contributed by atoms with Crippen LogP contribution in [0.2, 0.25) is 0 Å². The van der Waals surface area contributed by atoms with Crippen molar-refractivity contribution in [3.63, 3.8) is 0 Å². The molecule has 3 amide bonds. The molecule has 2 aromatic carbocycles. The first-order chi connectivity index (χ1) is 18.8. The molecule has 40 heavy (non-hydrogen) atoms. The fourth-order valence-electron chi connectivity index (χ4n) is 3.80. The van der Waals surface area contributed by atoms with E-state index in [2.05, 4.69) is 10.6 Å². The second-order valence-electron chi connectivity index (χ2n) is 9.05. The smallest absolute Gasteiger partial charge is 0.423 e. The molecule has 0 spiro atoms. The van der Waals surface area contributed by atoms with Gasteiger partial charge in [0.1, 0.15) is 6.04 Å². The van der Waals surface area contributed by atoms with Crippen LogP contribution in [0.25, 0.3) is 0 Å². The first-order valence-corrected chi connectivity index (χ1v) is 12.5. The Kier molecular flexibility index (Phi) is 12.5. The Morgan fingerprint density at radius 3 is 2.15 bits per heavy atom. The molecule has 0 aromatic heterocycles. The minimum atomic E-state index is -4.54. The molecule has 15 heteroatoms. The lowest BCUT2D eigenvalue weighted by Crippen LogP contribution is -2.51. The maximum absolute atomic E-state index is 13.1. The van der Waals surface area contributed by atoms with Crippen LogP contribution in [0.1, 0.15) is 24.0 Å². The fraction of sp³-hybridized carbons (Fsp3) is 0.400. The van der Waals surface area contributed by atoms with Gasteiger partial charge in [-0.1, -0.05) is 24.3 Å². The molecule has 0 radical (unpaired) electrons. The van der Waals surface area contributed by atoms with E-state index in [1.807, 2.05) is 0 Å². The molecule has 0 aliphatic carbocycles. The number of rotatable bonds is 14. The van der Waals surface area contributed by atoms with E-state index in [-0.39, 0.29) is 49.4 Å². The lowest BCUT2D eigenvalue weighted by Gasteiger charge is -2.23. The Labute approximate surface area is 230 Å². The highest BCUT2D eigenvalue weighted by atomic mass is 19.4. The molecule has 10 N–H and O–H groups in total. The number of halogens is 3. The molecule has 0 saturated heterocycles. The van der Waals surface area contributed by atoms with E-state index in [1.165, 1.54) is 41.3 Å². The number of nitrogens with two attached hydrogens (primary N) is 3. The predicted octanol–water partition coefficient (Wildman–Crippen LogP) is -1.10. The van der Waals surface area contributed by atoms with Crippen molar-refractivity contribution in [1.29, 1.82) is 0 Å². The molecule has 218 valence electrons. The normalized spacial score (nSPS) is 12.8. The van der Waals surface area contributed by atoms with Crippen molar-refractivity contribution >= 4 is 36.0 Å². The second kappa shape index (κ2) is 15.3. The van der Waals surface area contributed by atoms with Gasteiger partial charge in [-0.15, -0.1) is 0 Å². The molecule has 0 heterocycles. The largest absolute Gasteiger partial charge is 0.488 e. The van der Waals surface area contributed by atoms with Gasteiger partial charge in [0, 0.05) is 44.7 Å². The molecule has 2 aromatic rings.